The van der Waals surface area contributed by atoms with Crippen LogP contribution in [-0.2, 0) is 0 Å². The minimum Gasteiger partial charge on any atom is -0.357 e. The SMILES string of the molecule is NC(=O)N[SiH2]N[SiH3]. The molecule has 2 amide bonds. The molecule has 42 valence electrons. The molecule has 0 aromatic carbocycles. The monoisotopic (exact) mass is 135 g/mol. The quantitative estimate of drug-likeness (QED) is 0.344. The van der Waals surface area contributed by atoms with E-state index in [4.69, 9.17) is 5.73 Å². The molecule has 0 rings (SSSR count). The lowest BCUT2D eigenvalue weighted by Gasteiger charge is -1.94. The Bertz CT molecular complexity index is 66.0. The molecular formula is CH9N3OSi2. The van der Waals surface area contributed by atoms with Gasteiger partial charge in [-0.2, -0.15) is 0 Å². The Morgan fingerprint density at radius 1 is 1.86 bits per heavy atom. The Hall–Kier alpha value is -0.336. The van der Waals surface area contributed by atoms with Crippen molar-refractivity contribution >= 4 is 26.3 Å². The van der Waals surface area contributed by atoms with Crippen molar-refractivity contribution in [3.8, 4) is 0 Å². The maximum absolute atomic E-state index is 9.88. The van der Waals surface area contributed by atoms with E-state index in [-0.39, 0.29) is 0 Å². The third kappa shape index (κ3) is 5.66. The number of amides is 2. The molecule has 0 aliphatic carbocycles. The van der Waals surface area contributed by atoms with Gasteiger partial charge in [-0.3, -0.25) is 4.79 Å². The van der Waals surface area contributed by atoms with Crippen molar-refractivity contribution in [3.05, 3.63) is 0 Å². The molecule has 0 aromatic heterocycles. The van der Waals surface area contributed by atoms with E-state index in [0.29, 0.717) is 0 Å². The Balaban J connectivity index is 2.82. The number of nitrogens with one attached hydrogen (secondary N) is 2. The van der Waals surface area contributed by atoms with Gasteiger partial charge < -0.3 is 15.4 Å². The summed E-state index contributed by atoms with van der Waals surface area (Å²) < 4.78 is 2.96. The number of nitrogens with two attached hydrogens (primary N) is 1. The molecule has 0 atom stereocenters. The third-order valence-electron chi connectivity index (χ3n) is 0.439. The highest BCUT2D eigenvalue weighted by Gasteiger charge is 1.83. The van der Waals surface area contributed by atoms with E-state index in [1.807, 2.05) is 0 Å². The first-order valence-electron chi connectivity index (χ1n) is 1.95. The molecule has 0 heterocycles. The van der Waals surface area contributed by atoms with Crippen molar-refractivity contribution in [1.82, 2.24) is 9.63 Å². The second-order valence-electron chi connectivity index (χ2n) is 1.07. The fraction of sp³-hybridized carbons (Fsp3) is 0. The summed E-state index contributed by atoms with van der Waals surface area (Å²) in [5, 5.41) is 0. The van der Waals surface area contributed by atoms with E-state index in [2.05, 4.69) is 9.63 Å². The summed E-state index contributed by atoms with van der Waals surface area (Å²) in [4.78, 5) is 12.4. The van der Waals surface area contributed by atoms with Gasteiger partial charge in [0.25, 0.3) is 0 Å². The van der Waals surface area contributed by atoms with Crippen LogP contribution in [0.1, 0.15) is 0 Å². The Morgan fingerprint density at radius 3 is 2.57 bits per heavy atom. The van der Waals surface area contributed by atoms with Crippen molar-refractivity contribution in [2.24, 2.45) is 5.73 Å². The molecule has 0 aromatic rings. The predicted octanol–water partition coefficient (Wildman–Crippen LogP) is -3.48. The number of hydrogen-bond donors (Lipinski definition) is 3. The van der Waals surface area contributed by atoms with Crippen LogP contribution in [0.4, 0.5) is 4.79 Å². The van der Waals surface area contributed by atoms with Gasteiger partial charge in [0.1, 0.15) is 0 Å². The summed E-state index contributed by atoms with van der Waals surface area (Å²) in [7, 11) is 0.397. The molecule has 0 aliphatic heterocycles. The Labute approximate surface area is 47.3 Å². The summed E-state index contributed by atoms with van der Waals surface area (Å²) in [6.07, 6.45) is 0. The van der Waals surface area contributed by atoms with Crippen molar-refractivity contribution in [2.45, 2.75) is 0 Å². The van der Waals surface area contributed by atoms with Gasteiger partial charge in [-0.05, 0) is 0 Å². The second-order valence-corrected chi connectivity index (χ2v) is 4.61. The second kappa shape index (κ2) is 3.84. The molecule has 4 N–H and O–H groups in total. The molecule has 0 aliphatic rings. The summed E-state index contributed by atoms with van der Waals surface area (Å²) in [5.41, 5.74) is 4.74. The fourth-order valence-electron chi connectivity index (χ4n) is 0.176. The van der Waals surface area contributed by atoms with E-state index in [9.17, 15) is 4.79 Å². The van der Waals surface area contributed by atoms with Crippen LogP contribution in [0.5, 0.6) is 0 Å². The molecule has 7 heavy (non-hydrogen) atoms. The zero-order valence-corrected chi connectivity index (χ0v) is 7.61. The standard InChI is InChI=1S/CH9N3OSi2/c2-1(5)3-7-4-6/h4H,7H2,6H3,(H3,2,3,5). The fourth-order valence-corrected chi connectivity index (χ4v) is 1.06. The van der Waals surface area contributed by atoms with E-state index in [0.717, 1.165) is 10.4 Å². The minimum atomic E-state index is -0.539. The van der Waals surface area contributed by atoms with Gasteiger partial charge in [0.2, 0.25) is 0 Å². The molecule has 0 fully saturated rings. The number of carbonyl (C=O) groups is 1. The van der Waals surface area contributed by atoms with E-state index < -0.39 is 15.9 Å². The van der Waals surface area contributed by atoms with Crippen LogP contribution < -0.4 is 15.4 Å². The summed E-state index contributed by atoms with van der Waals surface area (Å²) in [6.45, 7) is 0. The van der Waals surface area contributed by atoms with Gasteiger partial charge in [0.05, 0.1) is 10.4 Å². The molecule has 0 saturated carbocycles. The van der Waals surface area contributed by atoms with Crippen LogP contribution in [0.25, 0.3) is 0 Å². The van der Waals surface area contributed by atoms with Gasteiger partial charge in [0, 0.05) is 0 Å². The topological polar surface area (TPSA) is 67.2 Å². The smallest absolute Gasteiger partial charge is 0.304 e. The van der Waals surface area contributed by atoms with Crippen LogP contribution >= 0.6 is 0 Å². The lowest BCUT2D eigenvalue weighted by molar-refractivity contribution is 0.253. The number of hydrogen-bond acceptors (Lipinski definition) is 2. The third-order valence-corrected chi connectivity index (χ3v) is 2.38. The average molecular weight is 135 g/mol. The maximum atomic E-state index is 9.88. The van der Waals surface area contributed by atoms with Crippen LogP contribution in [0, 0.1) is 0 Å². The van der Waals surface area contributed by atoms with E-state index in [1.54, 1.807) is 0 Å². The molecule has 0 unspecified atom stereocenters. The number of rotatable bonds is 2. The van der Waals surface area contributed by atoms with Gasteiger partial charge in [-0.1, -0.05) is 0 Å². The van der Waals surface area contributed by atoms with Crippen LogP contribution in [0.3, 0.4) is 0 Å². The highest BCUT2D eigenvalue weighted by molar-refractivity contribution is 6.42. The molecule has 0 spiro atoms. The van der Waals surface area contributed by atoms with E-state index in [1.165, 1.54) is 0 Å². The summed E-state index contributed by atoms with van der Waals surface area (Å²) >= 11 is 0. The molecule has 0 saturated heterocycles. The Kier molecular flexibility index (Phi) is 3.66. The number of urea groups is 1. The largest absolute Gasteiger partial charge is 0.357 e. The molecule has 0 bridgehead atoms. The average Bonchev–Trinajstić information content (AvgIpc) is 1.61. The normalized spacial score (nSPS) is 10.3. The van der Waals surface area contributed by atoms with Gasteiger partial charge in [-0.15, -0.1) is 0 Å². The highest BCUT2D eigenvalue weighted by Crippen LogP contribution is 1.43. The van der Waals surface area contributed by atoms with Gasteiger partial charge >= 0.3 is 6.03 Å². The van der Waals surface area contributed by atoms with Crippen LogP contribution in [0.15, 0.2) is 0 Å². The minimum absolute atomic E-state index is 0.421. The van der Waals surface area contributed by atoms with Crippen molar-refractivity contribution in [2.75, 3.05) is 0 Å². The van der Waals surface area contributed by atoms with Crippen molar-refractivity contribution < 1.29 is 4.79 Å². The predicted molar refractivity (Wildman–Crippen MR) is 34.3 cm³/mol. The zero-order valence-electron chi connectivity index (χ0n) is 4.19. The first kappa shape index (κ1) is 6.66. The van der Waals surface area contributed by atoms with Crippen LogP contribution in [-0.4, -0.2) is 26.3 Å². The van der Waals surface area contributed by atoms with Crippen molar-refractivity contribution in [1.29, 1.82) is 0 Å². The number of primary amides is 1. The van der Waals surface area contributed by atoms with Gasteiger partial charge in [-0.25, -0.2) is 0 Å². The molecular weight excluding hydrogens is 126 g/mol. The highest BCUT2D eigenvalue weighted by atomic mass is 28.3. The van der Waals surface area contributed by atoms with E-state index >= 15 is 0 Å². The van der Waals surface area contributed by atoms with Crippen LogP contribution in [0.2, 0.25) is 0 Å². The maximum Gasteiger partial charge on any atom is 0.304 e. The lowest BCUT2D eigenvalue weighted by Crippen LogP contribution is -2.39. The zero-order chi connectivity index (χ0) is 5.70. The molecule has 4 nitrogen and oxygen atoms in total. The lowest BCUT2D eigenvalue weighted by atomic mass is 11.2. The summed E-state index contributed by atoms with van der Waals surface area (Å²) in [6, 6.07) is -0.421. The summed E-state index contributed by atoms with van der Waals surface area (Å²) in [5.74, 6) is 0. The van der Waals surface area contributed by atoms with Gasteiger partial charge in [0.15, 0.2) is 9.84 Å². The molecule has 6 heteroatoms. The number of carbonyl (C=O) groups excluding carboxylic acids is 1. The van der Waals surface area contributed by atoms with Crippen molar-refractivity contribution in [3.63, 3.8) is 0 Å². The molecule has 0 radical (unpaired) electrons. The first-order chi connectivity index (χ1) is 3.27. The Morgan fingerprint density at radius 2 is 2.43 bits per heavy atom. The first-order valence-corrected chi connectivity index (χ1v) is 4.36.